The molecule has 0 aromatic heterocycles. The molecule has 0 atom stereocenters. The molecule has 0 aliphatic carbocycles. The van der Waals surface area contributed by atoms with Crippen molar-refractivity contribution in [1.82, 2.24) is 0 Å². The van der Waals surface area contributed by atoms with E-state index in [2.05, 4.69) is 47.7 Å². The Bertz CT molecular complexity index is 250. The summed E-state index contributed by atoms with van der Waals surface area (Å²) in [7, 11) is -1.62. The van der Waals surface area contributed by atoms with E-state index in [1.165, 1.54) is 0 Å². The summed E-state index contributed by atoms with van der Waals surface area (Å²) in [6.07, 6.45) is 4.98. The number of carbonyl (C=O) groups excluding carboxylic acids is 1. The Morgan fingerprint density at radius 2 is 1.61 bits per heavy atom. The molecule has 2 nitrogen and oxygen atoms in total. The van der Waals surface area contributed by atoms with Gasteiger partial charge in [0.25, 0.3) is 0 Å². The highest BCUT2D eigenvalue weighted by Crippen LogP contribution is 2.37. The summed E-state index contributed by atoms with van der Waals surface area (Å²) in [5.74, 6) is 0. The lowest BCUT2D eigenvalue weighted by Gasteiger charge is -2.36. The van der Waals surface area contributed by atoms with Gasteiger partial charge in [-0.2, -0.15) is 0 Å². The molecule has 0 heterocycles. The van der Waals surface area contributed by atoms with E-state index in [9.17, 15) is 4.79 Å². The van der Waals surface area contributed by atoms with E-state index in [-0.39, 0.29) is 10.5 Å². The summed E-state index contributed by atoms with van der Waals surface area (Å²) in [5, 5.41) is 0.268. The Morgan fingerprint density at radius 1 is 1.11 bits per heavy atom. The minimum absolute atomic E-state index is 0.114. The van der Waals surface area contributed by atoms with Crippen molar-refractivity contribution in [1.29, 1.82) is 0 Å². The quantitative estimate of drug-likeness (QED) is 0.360. The van der Waals surface area contributed by atoms with Crippen LogP contribution in [0, 0.1) is 5.41 Å². The zero-order valence-electron chi connectivity index (χ0n) is 13.4. The van der Waals surface area contributed by atoms with Crippen LogP contribution in [0.1, 0.15) is 60.3 Å². The molecular weight excluding hydrogens is 240 g/mol. The first-order valence-corrected chi connectivity index (χ1v) is 10.2. The minimum Gasteiger partial charge on any atom is -0.417 e. The van der Waals surface area contributed by atoms with Crippen LogP contribution in [0.2, 0.25) is 18.1 Å². The molecule has 0 bridgehead atoms. The molecule has 18 heavy (non-hydrogen) atoms. The van der Waals surface area contributed by atoms with E-state index in [0.717, 1.165) is 38.6 Å². The number of rotatable bonds is 8. The van der Waals surface area contributed by atoms with E-state index in [1.807, 2.05) is 0 Å². The maximum Gasteiger partial charge on any atom is 0.191 e. The Balaban J connectivity index is 4.18. The molecule has 0 saturated carbocycles. The van der Waals surface area contributed by atoms with Crippen molar-refractivity contribution in [2.75, 3.05) is 6.61 Å². The topological polar surface area (TPSA) is 26.3 Å². The van der Waals surface area contributed by atoms with Gasteiger partial charge in [-0.1, -0.05) is 34.6 Å². The van der Waals surface area contributed by atoms with E-state index in [0.29, 0.717) is 0 Å². The zero-order valence-corrected chi connectivity index (χ0v) is 14.4. The maximum atomic E-state index is 11.2. The summed E-state index contributed by atoms with van der Waals surface area (Å²) >= 11 is 0. The van der Waals surface area contributed by atoms with Gasteiger partial charge in [-0.25, -0.2) is 0 Å². The largest absolute Gasteiger partial charge is 0.417 e. The molecule has 0 rings (SSSR count). The fraction of sp³-hybridized carbons (Fsp3) is 0.933. The number of aldehydes is 1. The second-order valence-corrected chi connectivity index (χ2v) is 11.7. The molecule has 0 N–H and O–H groups in total. The van der Waals surface area contributed by atoms with Gasteiger partial charge in [0, 0.05) is 12.0 Å². The van der Waals surface area contributed by atoms with Crippen molar-refractivity contribution in [3.05, 3.63) is 0 Å². The lowest BCUT2D eigenvalue weighted by atomic mass is 9.80. The molecule has 3 heteroatoms. The molecular formula is C15H32O2Si. The average Bonchev–Trinajstić information content (AvgIpc) is 2.29. The van der Waals surface area contributed by atoms with Gasteiger partial charge in [0.1, 0.15) is 6.29 Å². The Kier molecular flexibility index (Phi) is 6.79. The van der Waals surface area contributed by atoms with Gasteiger partial charge in [0.2, 0.25) is 0 Å². The molecule has 0 amide bonds. The highest BCUT2D eigenvalue weighted by atomic mass is 28.4. The highest BCUT2D eigenvalue weighted by Gasteiger charge is 2.37. The standard InChI is InChI=1S/C15H32O2Si/c1-8-15(9-2,13-16)11-10-12-17-18(6,7)14(3,4)5/h13H,8-12H2,1-7H3. The smallest absolute Gasteiger partial charge is 0.191 e. The van der Waals surface area contributed by atoms with Crippen LogP contribution in [0.25, 0.3) is 0 Å². The van der Waals surface area contributed by atoms with Crippen LogP contribution in [0.3, 0.4) is 0 Å². The van der Waals surface area contributed by atoms with E-state index in [4.69, 9.17) is 4.43 Å². The van der Waals surface area contributed by atoms with E-state index >= 15 is 0 Å². The van der Waals surface area contributed by atoms with Crippen LogP contribution in [-0.2, 0) is 9.22 Å². The Labute approximate surface area is 115 Å². The van der Waals surface area contributed by atoms with Gasteiger partial charge in [-0.3, -0.25) is 0 Å². The van der Waals surface area contributed by atoms with Gasteiger partial charge in [-0.05, 0) is 43.8 Å². The fourth-order valence-corrected chi connectivity index (χ4v) is 2.88. The fourth-order valence-electron chi connectivity index (χ4n) is 1.80. The number of hydrogen-bond donors (Lipinski definition) is 0. The van der Waals surface area contributed by atoms with Crippen molar-refractivity contribution >= 4 is 14.6 Å². The summed E-state index contributed by atoms with van der Waals surface area (Å²) < 4.78 is 6.15. The monoisotopic (exact) mass is 272 g/mol. The lowest BCUT2D eigenvalue weighted by Crippen LogP contribution is -2.41. The molecule has 0 spiro atoms. The highest BCUT2D eigenvalue weighted by molar-refractivity contribution is 6.74. The Hall–Kier alpha value is -0.153. The van der Waals surface area contributed by atoms with Crippen LogP contribution in [0.4, 0.5) is 0 Å². The molecule has 0 aliphatic rings. The molecule has 0 aromatic rings. The third-order valence-electron chi connectivity index (χ3n) is 4.75. The first kappa shape index (κ1) is 17.8. The van der Waals surface area contributed by atoms with Gasteiger partial charge >= 0.3 is 0 Å². The molecule has 0 aliphatic heterocycles. The molecule has 0 radical (unpaired) electrons. The van der Waals surface area contributed by atoms with Crippen molar-refractivity contribution in [3.63, 3.8) is 0 Å². The van der Waals surface area contributed by atoms with Crippen LogP contribution < -0.4 is 0 Å². The lowest BCUT2D eigenvalue weighted by molar-refractivity contribution is -0.117. The molecule has 0 saturated heterocycles. The van der Waals surface area contributed by atoms with E-state index < -0.39 is 8.32 Å². The third kappa shape index (κ3) is 4.85. The van der Waals surface area contributed by atoms with Crippen molar-refractivity contribution in [3.8, 4) is 0 Å². The first-order chi connectivity index (χ1) is 8.14. The van der Waals surface area contributed by atoms with Crippen LogP contribution in [0.5, 0.6) is 0 Å². The van der Waals surface area contributed by atoms with Crippen LogP contribution >= 0.6 is 0 Å². The summed E-state index contributed by atoms with van der Waals surface area (Å²) in [6.45, 7) is 16.3. The van der Waals surface area contributed by atoms with Gasteiger partial charge in [-0.15, -0.1) is 0 Å². The molecule has 0 unspecified atom stereocenters. The zero-order chi connectivity index (χ0) is 14.4. The SMILES string of the molecule is CCC(C=O)(CC)CCCO[Si](C)(C)C(C)(C)C. The Morgan fingerprint density at radius 3 is 1.94 bits per heavy atom. The summed E-state index contributed by atoms with van der Waals surface area (Å²) in [5.41, 5.74) is -0.114. The van der Waals surface area contributed by atoms with Crippen LogP contribution in [-0.4, -0.2) is 21.2 Å². The average molecular weight is 273 g/mol. The summed E-state index contributed by atoms with van der Waals surface area (Å²) in [4.78, 5) is 11.2. The first-order valence-electron chi connectivity index (χ1n) is 7.24. The van der Waals surface area contributed by atoms with Crippen LogP contribution in [0.15, 0.2) is 0 Å². The normalized spacial score (nSPS) is 13.7. The predicted molar refractivity (Wildman–Crippen MR) is 81.5 cm³/mol. The second kappa shape index (κ2) is 6.85. The number of carbonyl (C=O) groups is 1. The molecule has 108 valence electrons. The third-order valence-corrected chi connectivity index (χ3v) is 9.28. The summed E-state index contributed by atoms with van der Waals surface area (Å²) in [6, 6.07) is 0. The van der Waals surface area contributed by atoms with Crippen molar-refractivity contribution < 1.29 is 9.22 Å². The van der Waals surface area contributed by atoms with Gasteiger partial charge in [0.15, 0.2) is 8.32 Å². The van der Waals surface area contributed by atoms with Crippen molar-refractivity contribution in [2.45, 2.75) is 78.4 Å². The van der Waals surface area contributed by atoms with Crippen molar-refractivity contribution in [2.24, 2.45) is 5.41 Å². The predicted octanol–water partition coefficient (Wildman–Crippen LogP) is 4.79. The second-order valence-electron chi connectivity index (χ2n) is 6.90. The number of hydrogen-bond acceptors (Lipinski definition) is 2. The molecule has 0 fully saturated rings. The van der Waals surface area contributed by atoms with Gasteiger partial charge < -0.3 is 9.22 Å². The van der Waals surface area contributed by atoms with Gasteiger partial charge in [0.05, 0.1) is 0 Å². The van der Waals surface area contributed by atoms with E-state index in [1.54, 1.807) is 0 Å². The minimum atomic E-state index is -1.62. The molecule has 0 aromatic carbocycles. The maximum absolute atomic E-state index is 11.2.